The molecule has 0 aliphatic carbocycles. The number of thioether (sulfide) groups is 1. The highest BCUT2D eigenvalue weighted by atomic mass is 35.5. The standard InChI is InChI=1S/C11H13ClO2S/c1-8(14-9(2)13)7-15-11-5-3-10(12)4-6-11/h3-6,8H,7H2,1-2H3/t8-/m1/s1. The molecule has 0 heterocycles. The molecule has 1 aromatic carbocycles. The Labute approximate surface area is 99.0 Å². The molecule has 0 bridgehead atoms. The lowest BCUT2D eigenvalue weighted by atomic mass is 10.4. The number of benzene rings is 1. The predicted molar refractivity (Wildman–Crippen MR) is 63.4 cm³/mol. The van der Waals surface area contributed by atoms with Crippen molar-refractivity contribution in [1.29, 1.82) is 0 Å². The van der Waals surface area contributed by atoms with Gasteiger partial charge in [-0.15, -0.1) is 11.8 Å². The highest BCUT2D eigenvalue weighted by molar-refractivity contribution is 7.99. The quantitative estimate of drug-likeness (QED) is 0.600. The van der Waals surface area contributed by atoms with Crippen molar-refractivity contribution in [2.75, 3.05) is 5.75 Å². The van der Waals surface area contributed by atoms with E-state index < -0.39 is 0 Å². The Morgan fingerprint density at radius 2 is 2.07 bits per heavy atom. The van der Waals surface area contributed by atoms with Crippen molar-refractivity contribution < 1.29 is 9.53 Å². The van der Waals surface area contributed by atoms with E-state index in [0.717, 1.165) is 15.7 Å². The molecular formula is C11H13ClO2S. The third-order valence-corrected chi connectivity index (χ3v) is 3.16. The molecule has 0 aliphatic rings. The maximum absolute atomic E-state index is 10.7. The maximum atomic E-state index is 10.7. The fourth-order valence-electron chi connectivity index (χ4n) is 1.06. The molecule has 0 saturated carbocycles. The molecule has 0 amide bonds. The van der Waals surface area contributed by atoms with Crippen LogP contribution in [0.4, 0.5) is 0 Å². The summed E-state index contributed by atoms with van der Waals surface area (Å²) in [5.74, 6) is 0.514. The number of esters is 1. The average molecular weight is 245 g/mol. The molecular weight excluding hydrogens is 232 g/mol. The molecule has 0 fully saturated rings. The van der Waals surface area contributed by atoms with E-state index in [1.165, 1.54) is 6.92 Å². The number of ether oxygens (including phenoxy) is 1. The first-order valence-corrected chi connectivity index (χ1v) is 6.00. The molecule has 15 heavy (non-hydrogen) atoms. The molecule has 1 atom stereocenters. The van der Waals surface area contributed by atoms with E-state index in [1.54, 1.807) is 11.8 Å². The molecule has 0 saturated heterocycles. The van der Waals surface area contributed by atoms with Crippen molar-refractivity contribution in [3.05, 3.63) is 29.3 Å². The van der Waals surface area contributed by atoms with Crippen LogP contribution in [-0.2, 0) is 9.53 Å². The first kappa shape index (κ1) is 12.4. The van der Waals surface area contributed by atoms with Gasteiger partial charge in [0.25, 0.3) is 0 Å². The molecule has 82 valence electrons. The zero-order valence-electron chi connectivity index (χ0n) is 8.70. The van der Waals surface area contributed by atoms with E-state index in [0.29, 0.717) is 0 Å². The summed E-state index contributed by atoms with van der Waals surface area (Å²) >= 11 is 7.41. The fourth-order valence-corrected chi connectivity index (χ4v) is 2.01. The normalized spacial score (nSPS) is 12.2. The molecule has 4 heteroatoms. The number of rotatable bonds is 4. The summed E-state index contributed by atoms with van der Waals surface area (Å²) in [5, 5.41) is 0.729. The summed E-state index contributed by atoms with van der Waals surface area (Å²) in [5.41, 5.74) is 0. The Morgan fingerprint density at radius 1 is 1.47 bits per heavy atom. The summed E-state index contributed by atoms with van der Waals surface area (Å²) in [6.45, 7) is 3.30. The summed E-state index contributed by atoms with van der Waals surface area (Å²) in [6, 6.07) is 7.60. The van der Waals surface area contributed by atoms with Gasteiger partial charge < -0.3 is 4.74 Å². The molecule has 0 aromatic heterocycles. The third kappa shape index (κ3) is 5.09. The lowest BCUT2D eigenvalue weighted by molar-refractivity contribution is -0.144. The van der Waals surface area contributed by atoms with Crippen LogP contribution in [-0.4, -0.2) is 17.8 Å². The van der Waals surface area contributed by atoms with E-state index in [9.17, 15) is 4.79 Å². The molecule has 0 N–H and O–H groups in total. The largest absolute Gasteiger partial charge is 0.462 e. The third-order valence-electron chi connectivity index (χ3n) is 1.67. The van der Waals surface area contributed by atoms with Crippen LogP contribution >= 0.6 is 23.4 Å². The second-order valence-electron chi connectivity index (χ2n) is 3.18. The average Bonchev–Trinajstić information content (AvgIpc) is 2.16. The first-order valence-electron chi connectivity index (χ1n) is 4.63. The lowest BCUT2D eigenvalue weighted by Gasteiger charge is -2.10. The lowest BCUT2D eigenvalue weighted by Crippen LogP contribution is -2.14. The van der Waals surface area contributed by atoms with Crippen molar-refractivity contribution in [3.8, 4) is 0 Å². The molecule has 1 rings (SSSR count). The minimum atomic E-state index is -0.237. The monoisotopic (exact) mass is 244 g/mol. The predicted octanol–water partition coefficient (Wildman–Crippen LogP) is 3.38. The Morgan fingerprint density at radius 3 is 2.60 bits per heavy atom. The maximum Gasteiger partial charge on any atom is 0.302 e. The minimum absolute atomic E-state index is 0.0665. The Balaban J connectivity index is 2.36. The minimum Gasteiger partial charge on any atom is -0.462 e. The van der Waals surface area contributed by atoms with E-state index in [1.807, 2.05) is 31.2 Å². The molecule has 1 aromatic rings. The number of carbonyl (C=O) groups excluding carboxylic acids is 1. The van der Waals surface area contributed by atoms with Crippen molar-refractivity contribution in [2.24, 2.45) is 0 Å². The van der Waals surface area contributed by atoms with Crippen LogP contribution in [0.5, 0.6) is 0 Å². The number of carbonyl (C=O) groups is 1. The topological polar surface area (TPSA) is 26.3 Å². The van der Waals surface area contributed by atoms with Crippen molar-refractivity contribution in [1.82, 2.24) is 0 Å². The van der Waals surface area contributed by atoms with Crippen LogP contribution < -0.4 is 0 Å². The van der Waals surface area contributed by atoms with Crippen LogP contribution in [0.3, 0.4) is 0 Å². The van der Waals surface area contributed by atoms with Crippen LogP contribution in [0.2, 0.25) is 5.02 Å². The second-order valence-corrected chi connectivity index (χ2v) is 4.71. The Bertz CT molecular complexity index is 324. The number of hydrogen-bond acceptors (Lipinski definition) is 3. The molecule has 2 nitrogen and oxygen atoms in total. The van der Waals surface area contributed by atoms with Gasteiger partial charge in [-0.05, 0) is 31.2 Å². The van der Waals surface area contributed by atoms with Crippen LogP contribution in [0.25, 0.3) is 0 Å². The van der Waals surface area contributed by atoms with Gasteiger partial charge in [0.15, 0.2) is 0 Å². The summed E-state index contributed by atoms with van der Waals surface area (Å²) in [6.07, 6.45) is -0.0665. The van der Waals surface area contributed by atoms with Gasteiger partial charge in [-0.1, -0.05) is 11.6 Å². The summed E-state index contributed by atoms with van der Waals surface area (Å²) < 4.78 is 5.01. The smallest absolute Gasteiger partial charge is 0.302 e. The van der Waals surface area contributed by atoms with Gasteiger partial charge in [-0.25, -0.2) is 0 Å². The zero-order valence-corrected chi connectivity index (χ0v) is 10.3. The molecule has 0 radical (unpaired) electrons. The van der Waals surface area contributed by atoms with E-state index in [-0.39, 0.29) is 12.1 Å². The van der Waals surface area contributed by atoms with Gasteiger partial charge in [0.05, 0.1) is 0 Å². The van der Waals surface area contributed by atoms with Gasteiger partial charge >= 0.3 is 5.97 Å². The summed E-state index contributed by atoms with van der Waals surface area (Å²) in [7, 11) is 0. The molecule has 0 aliphatic heterocycles. The fraction of sp³-hybridized carbons (Fsp3) is 0.364. The van der Waals surface area contributed by atoms with Crippen molar-refractivity contribution >= 4 is 29.3 Å². The van der Waals surface area contributed by atoms with Crippen LogP contribution in [0, 0.1) is 0 Å². The van der Waals surface area contributed by atoms with E-state index >= 15 is 0 Å². The van der Waals surface area contributed by atoms with Crippen molar-refractivity contribution in [2.45, 2.75) is 24.8 Å². The Hall–Kier alpha value is -0.670. The summed E-state index contributed by atoms with van der Waals surface area (Å²) in [4.78, 5) is 11.8. The highest BCUT2D eigenvalue weighted by Crippen LogP contribution is 2.21. The van der Waals surface area contributed by atoms with Gasteiger partial charge in [0.1, 0.15) is 6.10 Å². The van der Waals surface area contributed by atoms with Gasteiger partial charge in [0, 0.05) is 22.6 Å². The van der Waals surface area contributed by atoms with Gasteiger partial charge in [-0.3, -0.25) is 4.79 Å². The van der Waals surface area contributed by atoms with Gasteiger partial charge in [-0.2, -0.15) is 0 Å². The van der Waals surface area contributed by atoms with Crippen molar-refractivity contribution in [3.63, 3.8) is 0 Å². The molecule has 0 spiro atoms. The second kappa shape index (κ2) is 6.03. The first-order chi connectivity index (χ1) is 7.08. The number of hydrogen-bond donors (Lipinski definition) is 0. The number of halogens is 1. The Kier molecular flexibility index (Phi) is 4.99. The van der Waals surface area contributed by atoms with E-state index in [4.69, 9.17) is 16.3 Å². The zero-order chi connectivity index (χ0) is 11.3. The van der Waals surface area contributed by atoms with Gasteiger partial charge in [0.2, 0.25) is 0 Å². The molecule has 0 unspecified atom stereocenters. The van der Waals surface area contributed by atoms with Crippen LogP contribution in [0.1, 0.15) is 13.8 Å². The van der Waals surface area contributed by atoms with E-state index in [2.05, 4.69) is 0 Å². The SMILES string of the molecule is CC(=O)O[C@H](C)CSc1ccc(Cl)cc1. The van der Waals surface area contributed by atoms with Crippen LogP contribution in [0.15, 0.2) is 29.2 Å². The highest BCUT2D eigenvalue weighted by Gasteiger charge is 2.05.